The largest absolute Gasteiger partial charge is 0 e. The van der Waals surface area contributed by atoms with Crippen molar-refractivity contribution in [3.05, 3.63) is 87.4 Å². The van der Waals surface area contributed by atoms with Crippen molar-refractivity contribution in [3.63, 3.8) is 0 Å². The van der Waals surface area contributed by atoms with Crippen molar-refractivity contribution in [2.24, 2.45) is 5.92 Å². The van der Waals surface area contributed by atoms with Crippen LogP contribution in [0.3, 0.4) is 0 Å². The Morgan fingerprint density at radius 2 is 1.48 bits per heavy atom. The number of hydrogen-bond acceptors (Lipinski definition) is 0. The molecule has 0 aliphatic heterocycles. The van der Waals surface area contributed by atoms with Gasteiger partial charge in [-0.3, -0.25) is 0 Å². The summed E-state index contributed by atoms with van der Waals surface area (Å²) in [5.74, 6) is 1.94. The van der Waals surface area contributed by atoms with Gasteiger partial charge in [-0.15, -0.1) is 0 Å². The molecule has 1 aromatic carbocycles. The molecule has 0 heterocycles. The third-order valence-corrected chi connectivity index (χ3v) is 2.51. The van der Waals surface area contributed by atoms with Gasteiger partial charge in [-0.2, -0.15) is 0 Å². The van der Waals surface area contributed by atoms with Gasteiger partial charge in [0.05, 0.1) is 0 Å². The molecular weight excluding hydrogens is 307 g/mol. The van der Waals surface area contributed by atoms with Gasteiger partial charge in [0.2, 0.25) is 0 Å². The third kappa shape index (κ3) is 12.4. The average Bonchev–Trinajstić information content (AvgIpc) is 2.54. The SMILES string of the molecule is C[C]1[CH][CH][CH]C(Cc2ccccc2)[CH]1.[C-]#[O+].[C-]#[O+].[C-]#[O+].[Mn]. The molecule has 0 spiro atoms. The smallest absolute Gasteiger partial charge is 0 e. The maximum atomic E-state index is 7.50. The molecule has 1 aliphatic carbocycles. The molecule has 1 unspecified atom stereocenters. The first-order chi connectivity index (χ1) is 9.84. The third-order valence-electron chi connectivity index (χ3n) is 2.51. The zero-order chi connectivity index (χ0) is 15.8. The number of hydrogen-bond donors (Lipinski definition) is 0. The van der Waals surface area contributed by atoms with E-state index in [1.54, 1.807) is 0 Å². The molecule has 0 bridgehead atoms. The van der Waals surface area contributed by atoms with E-state index in [1.165, 1.54) is 11.5 Å². The van der Waals surface area contributed by atoms with E-state index in [0.29, 0.717) is 5.92 Å². The Bertz CT molecular complexity index is 370. The minimum Gasteiger partial charge on any atom is 0 e. The quantitative estimate of drug-likeness (QED) is 0.456. The van der Waals surface area contributed by atoms with Gasteiger partial charge in [-0.1, -0.05) is 37.3 Å². The first-order valence-electron chi connectivity index (χ1n) is 5.70. The number of benzene rings is 1. The molecule has 3 nitrogen and oxygen atoms in total. The topological polar surface area (TPSA) is 59.7 Å². The summed E-state index contributed by atoms with van der Waals surface area (Å²) in [6.07, 6.45) is 10.0. The molecule has 108 valence electrons. The predicted molar refractivity (Wildman–Crippen MR) is 71.5 cm³/mol. The maximum Gasteiger partial charge on any atom is 0 e. The fraction of sp³-hybridized carbons (Fsp3) is 0.176. The Hall–Kier alpha value is -1.04. The molecular formula is C17H15MnO3. The summed E-state index contributed by atoms with van der Waals surface area (Å²) in [5.41, 5.74) is 1.41. The molecule has 0 saturated heterocycles. The van der Waals surface area contributed by atoms with Crippen molar-refractivity contribution >= 4 is 0 Å². The van der Waals surface area contributed by atoms with Crippen molar-refractivity contribution < 1.29 is 31.0 Å². The maximum absolute atomic E-state index is 7.50. The van der Waals surface area contributed by atoms with Gasteiger partial charge < -0.3 is 0 Å². The standard InChI is InChI=1S/C14H15.3CO.Mn/c1-12-6-5-9-14(10-12)11-13-7-3-2-4-8-13;3*1-2;/h2-10,14H,11H2,1H3;;;;. The summed E-state index contributed by atoms with van der Waals surface area (Å²) in [7, 11) is 0. The molecule has 2 rings (SSSR count). The molecule has 6 radical (unpaired) electrons. The minimum atomic E-state index is 0. The molecule has 0 N–H and O–H groups in total. The Kier molecular flexibility index (Phi) is 22.5. The van der Waals surface area contributed by atoms with E-state index < -0.39 is 0 Å². The van der Waals surface area contributed by atoms with E-state index in [4.69, 9.17) is 14.0 Å². The van der Waals surface area contributed by atoms with E-state index in [-0.39, 0.29) is 17.1 Å². The molecule has 21 heavy (non-hydrogen) atoms. The Morgan fingerprint density at radius 1 is 0.952 bits per heavy atom. The van der Waals surface area contributed by atoms with Crippen LogP contribution in [0.4, 0.5) is 0 Å². The molecule has 1 saturated carbocycles. The van der Waals surface area contributed by atoms with Gasteiger partial charge in [0.1, 0.15) is 0 Å². The molecule has 4 heteroatoms. The molecule has 1 fully saturated rings. The predicted octanol–water partition coefficient (Wildman–Crippen LogP) is 3.16. The fourth-order valence-electron chi connectivity index (χ4n) is 1.81. The molecule has 1 aliphatic rings. The first kappa shape index (κ1) is 24.9. The molecule has 0 amide bonds. The van der Waals surface area contributed by atoms with Crippen LogP contribution in [0.1, 0.15) is 12.5 Å². The summed E-state index contributed by atoms with van der Waals surface area (Å²) >= 11 is 0. The van der Waals surface area contributed by atoms with Crippen LogP contribution < -0.4 is 0 Å². The van der Waals surface area contributed by atoms with E-state index in [2.05, 4.69) is 82.9 Å². The van der Waals surface area contributed by atoms with Crippen LogP contribution in [0.5, 0.6) is 0 Å². The van der Waals surface area contributed by atoms with Crippen LogP contribution in [0.15, 0.2) is 30.3 Å². The van der Waals surface area contributed by atoms with E-state index in [0.717, 1.165) is 6.42 Å². The van der Waals surface area contributed by atoms with Gasteiger partial charge in [0, 0.05) is 17.1 Å². The Balaban J connectivity index is -0.000000414. The van der Waals surface area contributed by atoms with Crippen molar-refractivity contribution in [2.75, 3.05) is 0 Å². The van der Waals surface area contributed by atoms with Gasteiger partial charge in [0.25, 0.3) is 0 Å². The Labute approximate surface area is 138 Å². The van der Waals surface area contributed by atoms with Crippen molar-refractivity contribution in [1.82, 2.24) is 0 Å². The van der Waals surface area contributed by atoms with E-state index >= 15 is 0 Å². The summed E-state index contributed by atoms with van der Waals surface area (Å²) < 4.78 is 22.5. The van der Waals surface area contributed by atoms with Gasteiger partial charge in [-0.05, 0) is 49.5 Å². The number of rotatable bonds is 2. The van der Waals surface area contributed by atoms with Crippen LogP contribution >= 0.6 is 0 Å². The van der Waals surface area contributed by atoms with Crippen LogP contribution in [-0.2, 0) is 37.4 Å². The fourth-order valence-corrected chi connectivity index (χ4v) is 1.81. The zero-order valence-electron chi connectivity index (χ0n) is 11.6. The van der Waals surface area contributed by atoms with Crippen LogP contribution in [0.25, 0.3) is 0 Å². The second kappa shape index (κ2) is 19.0. The monoisotopic (exact) mass is 322 g/mol. The van der Waals surface area contributed by atoms with Crippen LogP contribution in [-0.4, -0.2) is 0 Å². The summed E-state index contributed by atoms with van der Waals surface area (Å²) in [6, 6.07) is 10.6. The molecule has 1 atom stereocenters. The second-order valence-corrected chi connectivity index (χ2v) is 3.82. The van der Waals surface area contributed by atoms with Crippen molar-refractivity contribution in [1.29, 1.82) is 0 Å². The molecule has 0 aromatic heterocycles. The van der Waals surface area contributed by atoms with Gasteiger partial charge >= 0.3 is 33.9 Å². The van der Waals surface area contributed by atoms with Gasteiger partial charge in [0.15, 0.2) is 0 Å². The van der Waals surface area contributed by atoms with Crippen LogP contribution in [0.2, 0.25) is 0 Å². The normalized spacial score (nSPS) is 16.0. The van der Waals surface area contributed by atoms with E-state index in [9.17, 15) is 0 Å². The second-order valence-electron chi connectivity index (χ2n) is 3.82. The van der Waals surface area contributed by atoms with Crippen LogP contribution in [0, 0.1) is 57.5 Å². The first-order valence-corrected chi connectivity index (χ1v) is 5.70. The summed E-state index contributed by atoms with van der Waals surface area (Å²) in [5, 5.41) is 0. The zero-order valence-corrected chi connectivity index (χ0v) is 12.8. The Morgan fingerprint density at radius 3 is 1.95 bits per heavy atom. The molecule has 1 aromatic rings. The summed E-state index contributed by atoms with van der Waals surface area (Å²) in [4.78, 5) is 0. The minimum absolute atomic E-state index is 0. The average molecular weight is 322 g/mol. The van der Waals surface area contributed by atoms with Gasteiger partial charge in [-0.25, -0.2) is 0 Å². The summed E-state index contributed by atoms with van der Waals surface area (Å²) in [6.45, 7) is 15.7. The van der Waals surface area contributed by atoms with E-state index in [1.807, 2.05) is 0 Å². The van der Waals surface area contributed by atoms with Crippen molar-refractivity contribution in [3.8, 4) is 0 Å². The van der Waals surface area contributed by atoms with Crippen molar-refractivity contribution in [2.45, 2.75) is 13.3 Å².